The summed E-state index contributed by atoms with van der Waals surface area (Å²) in [5.74, 6) is -0.241. The van der Waals surface area contributed by atoms with Crippen LogP contribution in [-0.4, -0.2) is 22.2 Å². The van der Waals surface area contributed by atoms with Gasteiger partial charge in [-0.25, -0.2) is 4.68 Å². The van der Waals surface area contributed by atoms with E-state index in [9.17, 15) is 9.59 Å². The molecule has 0 aliphatic carbocycles. The number of nitrogens with one attached hydrogen (secondary N) is 1. The number of hydrogen-bond donors (Lipinski definition) is 1. The zero-order valence-corrected chi connectivity index (χ0v) is 11.6. The van der Waals surface area contributed by atoms with Gasteiger partial charge in [-0.2, -0.15) is 5.10 Å². The van der Waals surface area contributed by atoms with E-state index in [1.54, 1.807) is 0 Å². The molecule has 5 heteroatoms. The predicted octanol–water partition coefficient (Wildman–Crippen LogP) is 1.74. The topological polar surface area (TPSA) is 64.0 Å². The van der Waals surface area contributed by atoms with Gasteiger partial charge in [0.15, 0.2) is 0 Å². The minimum Gasteiger partial charge on any atom is -0.350 e. The first-order valence-electron chi connectivity index (χ1n) is 6.66. The maximum atomic E-state index is 11.8. The van der Waals surface area contributed by atoms with Crippen LogP contribution < -0.4 is 10.9 Å². The van der Waals surface area contributed by atoms with Crippen LogP contribution in [0.25, 0.3) is 0 Å². The number of unbranched alkanes of at least 4 members (excludes halogenated alkanes) is 1. The second-order valence-corrected chi connectivity index (χ2v) is 4.25. The van der Waals surface area contributed by atoms with Gasteiger partial charge in [0.25, 0.3) is 11.5 Å². The minimum atomic E-state index is -0.241. The van der Waals surface area contributed by atoms with E-state index in [0.717, 1.165) is 19.3 Å². The molecule has 5 nitrogen and oxygen atoms in total. The number of aryl methyl sites for hydroxylation is 1. The molecule has 0 radical (unpaired) electrons. The van der Waals surface area contributed by atoms with Gasteiger partial charge in [0.05, 0.1) is 0 Å². The van der Waals surface area contributed by atoms with Crippen molar-refractivity contribution < 1.29 is 4.79 Å². The number of carbonyl (C=O) groups excluding carboxylic acids is 1. The third-order valence-corrected chi connectivity index (χ3v) is 2.65. The number of rotatable bonds is 7. The highest BCUT2D eigenvalue weighted by molar-refractivity contribution is 5.91. The van der Waals surface area contributed by atoms with Crippen molar-refractivity contribution in [1.82, 2.24) is 15.1 Å². The van der Waals surface area contributed by atoms with E-state index in [-0.39, 0.29) is 17.2 Å². The molecule has 0 saturated carbocycles. The van der Waals surface area contributed by atoms with Gasteiger partial charge in [-0.05, 0) is 25.8 Å². The summed E-state index contributed by atoms with van der Waals surface area (Å²) in [6.07, 6.45) is 6.57. The standard InChI is InChI=1S/C14H21N3O2/c1-3-5-7-10-15-14(19)12-8-9-13(18)17(16-12)11-6-4-2/h3,5,8-9H,4,6-7,10-11H2,1-2H3,(H,15,19)/b5-3+. The van der Waals surface area contributed by atoms with Crippen molar-refractivity contribution in [2.75, 3.05) is 6.54 Å². The van der Waals surface area contributed by atoms with E-state index >= 15 is 0 Å². The van der Waals surface area contributed by atoms with Crippen molar-refractivity contribution in [2.45, 2.75) is 39.7 Å². The third kappa shape index (κ3) is 5.07. The van der Waals surface area contributed by atoms with Crippen LogP contribution in [0.4, 0.5) is 0 Å². The van der Waals surface area contributed by atoms with Crippen LogP contribution in [0.1, 0.15) is 43.6 Å². The summed E-state index contributed by atoms with van der Waals surface area (Å²) in [5.41, 5.74) is 0.120. The SMILES string of the molecule is C/C=C/CCNC(=O)c1ccc(=O)n(CCCC)n1. The van der Waals surface area contributed by atoms with Gasteiger partial charge in [-0.1, -0.05) is 25.5 Å². The molecule has 0 aliphatic heterocycles. The smallest absolute Gasteiger partial charge is 0.271 e. The van der Waals surface area contributed by atoms with Gasteiger partial charge in [0.1, 0.15) is 5.69 Å². The summed E-state index contributed by atoms with van der Waals surface area (Å²) in [6.45, 7) is 5.10. The first-order chi connectivity index (χ1) is 9.19. The molecule has 0 aliphatic rings. The van der Waals surface area contributed by atoms with Crippen LogP contribution >= 0.6 is 0 Å². The Kier molecular flexibility index (Phi) is 6.57. The predicted molar refractivity (Wildman–Crippen MR) is 75.2 cm³/mol. The fourth-order valence-electron chi connectivity index (χ4n) is 1.56. The highest BCUT2D eigenvalue weighted by Gasteiger charge is 2.08. The van der Waals surface area contributed by atoms with Crippen LogP contribution in [0.5, 0.6) is 0 Å². The van der Waals surface area contributed by atoms with Crippen molar-refractivity contribution in [3.05, 3.63) is 40.3 Å². The molecule has 1 N–H and O–H groups in total. The number of carbonyl (C=O) groups is 1. The number of aromatic nitrogens is 2. The highest BCUT2D eigenvalue weighted by atomic mass is 16.2. The summed E-state index contributed by atoms with van der Waals surface area (Å²) in [4.78, 5) is 23.4. The zero-order valence-electron chi connectivity index (χ0n) is 11.6. The molecule has 19 heavy (non-hydrogen) atoms. The Labute approximate surface area is 113 Å². The summed E-state index contributed by atoms with van der Waals surface area (Å²) in [6, 6.07) is 2.86. The first kappa shape index (κ1) is 15.1. The number of hydrogen-bond acceptors (Lipinski definition) is 3. The average Bonchev–Trinajstić information content (AvgIpc) is 2.42. The van der Waals surface area contributed by atoms with Crippen molar-refractivity contribution in [2.24, 2.45) is 0 Å². The van der Waals surface area contributed by atoms with Crippen LogP contribution in [0.3, 0.4) is 0 Å². The van der Waals surface area contributed by atoms with Crippen LogP contribution in [0.15, 0.2) is 29.1 Å². The van der Waals surface area contributed by atoms with Gasteiger partial charge in [0, 0.05) is 19.2 Å². The lowest BCUT2D eigenvalue weighted by atomic mass is 10.3. The Balaban J connectivity index is 2.66. The Morgan fingerprint density at radius 2 is 2.26 bits per heavy atom. The molecule has 104 valence electrons. The third-order valence-electron chi connectivity index (χ3n) is 2.65. The molecular formula is C14H21N3O2. The molecule has 0 aromatic carbocycles. The molecule has 0 unspecified atom stereocenters. The van der Waals surface area contributed by atoms with Gasteiger partial charge in [0.2, 0.25) is 0 Å². The van der Waals surface area contributed by atoms with E-state index in [0.29, 0.717) is 13.1 Å². The fourth-order valence-corrected chi connectivity index (χ4v) is 1.56. The molecule has 0 bridgehead atoms. The van der Waals surface area contributed by atoms with E-state index in [2.05, 4.69) is 10.4 Å². The van der Waals surface area contributed by atoms with E-state index < -0.39 is 0 Å². The normalized spacial score (nSPS) is 10.8. The lowest BCUT2D eigenvalue weighted by Crippen LogP contribution is -2.30. The Morgan fingerprint density at radius 3 is 2.95 bits per heavy atom. The van der Waals surface area contributed by atoms with Crippen molar-refractivity contribution in [3.8, 4) is 0 Å². The summed E-state index contributed by atoms with van der Waals surface area (Å²) in [7, 11) is 0. The average molecular weight is 263 g/mol. The quantitative estimate of drug-likeness (QED) is 0.602. The van der Waals surface area contributed by atoms with E-state index in [1.807, 2.05) is 26.0 Å². The Hall–Kier alpha value is -1.91. The summed E-state index contributed by atoms with van der Waals surface area (Å²) in [5, 5.41) is 6.85. The first-order valence-corrected chi connectivity index (χ1v) is 6.66. The minimum absolute atomic E-state index is 0.168. The number of nitrogens with zero attached hydrogens (tertiary/aromatic N) is 2. The van der Waals surface area contributed by atoms with Crippen LogP contribution in [0.2, 0.25) is 0 Å². The molecule has 0 atom stereocenters. The molecule has 1 amide bonds. The van der Waals surface area contributed by atoms with Crippen molar-refractivity contribution in [1.29, 1.82) is 0 Å². The lowest BCUT2D eigenvalue weighted by molar-refractivity contribution is 0.0946. The zero-order chi connectivity index (χ0) is 14.1. The molecule has 1 heterocycles. The van der Waals surface area contributed by atoms with Gasteiger partial charge < -0.3 is 5.32 Å². The maximum absolute atomic E-state index is 11.8. The molecular weight excluding hydrogens is 242 g/mol. The Bertz CT molecular complexity index is 492. The monoisotopic (exact) mass is 263 g/mol. The van der Waals surface area contributed by atoms with Gasteiger partial charge in [-0.3, -0.25) is 9.59 Å². The number of allylic oxidation sites excluding steroid dienone is 1. The fraction of sp³-hybridized carbons (Fsp3) is 0.500. The second kappa shape index (κ2) is 8.24. The highest BCUT2D eigenvalue weighted by Crippen LogP contribution is 1.94. The summed E-state index contributed by atoms with van der Waals surface area (Å²) >= 11 is 0. The molecule has 1 rings (SSSR count). The van der Waals surface area contributed by atoms with Gasteiger partial charge >= 0.3 is 0 Å². The largest absolute Gasteiger partial charge is 0.350 e. The molecule has 1 aromatic heterocycles. The van der Waals surface area contributed by atoms with Crippen LogP contribution in [0, 0.1) is 0 Å². The van der Waals surface area contributed by atoms with E-state index in [4.69, 9.17) is 0 Å². The van der Waals surface area contributed by atoms with E-state index in [1.165, 1.54) is 16.8 Å². The molecule has 0 spiro atoms. The van der Waals surface area contributed by atoms with Crippen molar-refractivity contribution in [3.63, 3.8) is 0 Å². The maximum Gasteiger partial charge on any atom is 0.271 e. The Morgan fingerprint density at radius 1 is 1.47 bits per heavy atom. The summed E-state index contributed by atoms with van der Waals surface area (Å²) < 4.78 is 1.35. The van der Waals surface area contributed by atoms with Crippen molar-refractivity contribution >= 4 is 5.91 Å². The van der Waals surface area contributed by atoms with Crippen LogP contribution in [-0.2, 0) is 6.54 Å². The lowest BCUT2D eigenvalue weighted by Gasteiger charge is -2.06. The van der Waals surface area contributed by atoms with Gasteiger partial charge in [-0.15, -0.1) is 0 Å². The molecule has 0 fully saturated rings. The number of amides is 1. The second-order valence-electron chi connectivity index (χ2n) is 4.25. The molecule has 0 saturated heterocycles. The molecule has 1 aromatic rings.